The first-order chi connectivity index (χ1) is 14.1. The van der Waals surface area contributed by atoms with E-state index in [0.29, 0.717) is 11.6 Å². The van der Waals surface area contributed by atoms with Gasteiger partial charge in [-0.05, 0) is 81.3 Å². The molecule has 0 radical (unpaired) electrons. The van der Waals surface area contributed by atoms with Crippen LogP contribution in [-0.4, -0.2) is 44.6 Å². The Morgan fingerprint density at radius 2 is 1.97 bits per heavy atom. The Kier molecular flexibility index (Phi) is 4.70. The molecule has 1 saturated carbocycles. The van der Waals surface area contributed by atoms with Gasteiger partial charge in [-0.3, -0.25) is 4.98 Å². The average Bonchev–Trinajstić information content (AvgIpc) is 3.51. The molecule has 5 nitrogen and oxygen atoms in total. The van der Waals surface area contributed by atoms with Crippen molar-refractivity contribution in [2.75, 3.05) is 19.6 Å². The summed E-state index contributed by atoms with van der Waals surface area (Å²) in [6.45, 7) is 7.52. The fourth-order valence-electron chi connectivity index (χ4n) is 4.65. The molecule has 0 amide bonds. The molecular weight excluding hydrogens is 360 g/mol. The largest absolute Gasteiger partial charge is 0.507 e. The van der Waals surface area contributed by atoms with Gasteiger partial charge < -0.3 is 10.0 Å². The van der Waals surface area contributed by atoms with Gasteiger partial charge in [-0.25, -0.2) is 9.97 Å². The third-order valence-corrected chi connectivity index (χ3v) is 6.28. The van der Waals surface area contributed by atoms with Crippen molar-refractivity contribution in [3.8, 4) is 17.0 Å². The molecule has 0 bridgehead atoms. The summed E-state index contributed by atoms with van der Waals surface area (Å²) >= 11 is 0. The Bertz CT molecular complexity index is 1040. The molecule has 1 atom stereocenters. The number of rotatable bonds is 4. The number of benzene rings is 1. The lowest BCUT2D eigenvalue weighted by atomic mass is 9.95. The highest BCUT2D eigenvalue weighted by atomic mass is 16.3. The first kappa shape index (κ1) is 18.5. The highest BCUT2D eigenvalue weighted by Gasteiger charge is 2.28. The summed E-state index contributed by atoms with van der Waals surface area (Å²) in [5, 5.41) is 10.5. The number of hydrogen-bond donors (Lipinski definition) is 1. The van der Waals surface area contributed by atoms with Crippen LogP contribution >= 0.6 is 0 Å². The zero-order valence-corrected chi connectivity index (χ0v) is 17.2. The predicted molar refractivity (Wildman–Crippen MR) is 115 cm³/mol. The van der Waals surface area contributed by atoms with Gasteiger partial charge in [0.05, 0.1) is 11.4 Å². The summed E-state index contributed by atoms with van der Waals surface area (Å²) in [5.74, 6) is 1.62. The SMILES string of the molecule is Cc1cc(C)c(-c2ccc3ncc([C@@H]4CCCN(CC5CC5)C4)nc3n2)c(O)c1. The maximum atomic E-state index is 10.5. The van der Waals surface area contributed by atoms with Crippen molar-refractivity contribution >= 4 is 11.2 Å². The van der Waals surface area contributed by atoms with Crippen LogP contribution in [0.15, 0.2) is 30.5 Å². The lowest BCUT2D eigenvalue weighted by molar-refractivity contribution is 0.198. The number of hydrogen-bond acceptors (Lipinski definition) is 5. The summed E-state index contributed by atoms with van der Waals surface area (Å²) in [6, 6.07) is 7.73. The lowest BCUT2D eigenvalue weighted by Gasteiger charge is -2.32. The van der Waals surface area contributed by atoms with E-state index >= 15 is 0 Å². The molecule has 1 saturated heterocycles. The number of nitrogens with zero attached hydrogens (tertiary/aromatic N) is 4. The minimum atomic E-state index is 0.265. The Hall–Kier alpha value is -2.53. The standard InChI is InChI=1S/C24H28N4O/c1-15-10-16(2)23(22(29)11-15)19-7-8-20-24(26-19)27-21(12-25-20)18-4-3-9-28(14-18)13-17-5-6-17/h7-8,10-12,17-18,29H,3-6,9,13-14H2,1-2H3/t18-/m1/s1. The maximum Gasteiger partial charge on any atom is 0.179 e. The second-order valence-corrected chi connectivity index (χ2v) is 8.85. The number of likely N-dealkylation sites (tertiary alicyclic amines) is 1. The number of aryl methyl sites for hydroxylation is 2. The first-order valence-electron chi connectivity index (χ1n) is 10.7. The molecule has 1 N–H and O–H groups in total. The molecule has 29 heavy (non-hydrogen) atoms. The average molecular weight is 389 g/mol. The zero-order chi connectivity index (χ0) is 20.0. The predicted octanol–water partition coefficient (Wildman–Crippen LogP) is 4.60. The summed E-state index contributed by atoms with van der Waals surface area (Å²) in [7, 11) is 0. The number of aromatic nitrogens is 3. The van der Waals surface area contributed by atoms with Gasteiger partial charge in [0, 0.05) is 30.8 Å². The van der Waals surface area contributed by atoms with Gasteiger partial charge in [0.25, 0.3) is 0 Å². The smallest absolute Gasteiger partial charge is 0.179 e. The Morgan fingerprint density at radius 1 is 1.10 bits per heavy atom. The number of phenols is 1. The monoisotopic (exact) mass is 388 g/mol. The normalized spacial score (nSPS) is 20.3. The van der Waals surface area contributed by atoms with Gasteiger partial charge in [0.1, 0.15) is 11.3 Å². The maximum absolute atomic E-state index is 10.5. The topological polar surface area (TPSA) is 62.1 Å². The molecule has 2 aromatic heterocycles. The zero-order valence-electron chi connectivity index (χ0n) is 17.2. The second kappa shape index (κ2) is 7.38. The third kappa shape index (κ3) is 3.84. The summed E-state index contributed by atoms with van der Waals surface area (Å²) in [6.07, 6.45) is 7.12. The van der Waals surface area contributed by atoms with Crippen LogP contribution in [-0.2, 0) is 0 Å². The van der Waals surface area contributed by atoms with Crippen molar-refractivity contribution < 1.29 is 5.11 Å². The van der Waals surface area contributed by atoms with Crippen LogP contribution in [0.4, 0.5) is 0 Å². The number of fused-ring (bicyclic) bond motifs is 1. The van der Waals surface area contributed by atoms with Crippen molar-refractivity contribution in [3.05, 3.63) is 47.3 Å². The Morgan fingerprint density at radius 3 is 2.76 bits per heavy atom. The molecule has 3 aromatic rings. The fourth-order valence-corrected chi connectivity index (χ4v) is 4.65. The molecule has 0 spiro atoms. The molecule has 5 rings (SSSR count). The molecule has 3 heterocycles. The molecular formula is C24H28N4O. The van der Waals surface area contributed by atoms with Gasteiger partial charge in [0.15, 0.2) is 5.65 Å². The van der Waals surface area contributed by atoms with Crippen LogP contribution < -0.4 is 0 Å². The molecule has 1 aliphatic heterocycles. The molecule has 0 unspecified atom stereocenters. The lowest BCUT2D eigenvalue weighted by Crippen LogP contribution is -2.36. The van der Waals surface area contributed by atoms with E-state index in [9.17, 15) is 5.11 Å². The van der Waals surface area contributed by atoms with Crippen molar-refractivity contribution in [3.63, 3.8) is 0 Å². The van der Waals surface area contributed by atoms with Gasteiger partial charge in [-0.15, -0.1) is 0 Å². The number of pyridine rings is 1. The highest BCUT2D eigenvalue weighted by Crippen LogP contribution is 2.34. The van der Waals surface area contributed by atoms with E-state index in [-0.39, 0.29) is 5.75 Å². The third-order valence-electron chi connectivity index (χ3n) is 6.28. The van der Waals surface area contributed by atoms with Crippen molar-refractivity contribution in [1.29, 1.82) is 0 Å². The first-order valence-corrected chi connectivity index (χ1v) is 10.7. The van der Waals surface area contributed by atoms with Crippen molar-refractivity contribution in [1.82, 2.24) is 19.9 Å². The summed E-state index contributed by atoms with van der Waals surface area (Å²) in [5.41, 5.74) is 6.09. The van der Waals surface area contributed by atoms with Crippen LogP contribution in [0.1, 0.15) is 48.4 Å². The van der Waals surface area contributed by atoms with Gasteiger partial charge in [-0.1, -0.05) is 6.07 Å². The summed E-state index contributed by atoms with van der Waals surface area (Å²) < 4.78 is 0. The number of aromatic hydroxyl groups is 1. The minimum absolute atomic E-state index is 0.265. The molecule has 1 aromatic carbocycles. The van der Waals surface area contributed by atoms with Gasteiger partial charge in [-0.2, -0.15) is 0 Å². The van der Waals surface area contributed by atoms with E-state index < -0.39 is 0 Å². The molecule has 2 aliphatic rings. The van der Waals surface area contributed by atoms with E-state index in [0.717, 1.165) is 46.1 Å². The molecule has 1 aliphatic carbocycles. The van der Waals surface area contributed by atoms with E-state index in [1.165, 1.54) is 38.8 Å². The number of phenolic OH excluding ortho intramolecular Hbond substituents is 1. The van der Waals surface area contributed by atoms with Crippen molar-refractivity contribution in [2.24, 2.45) is 5.92 Å². The Balaban J connectivity index is 1.46. The Labute approximate surface area is 171 Å². The fraction of sp³-hybridized carbons (Fsp3) is 0.458. The molecule has 150 valence electrons. The second-order valence-electron chi connectivity index (χ2n) is 8.85. The van der Waals surface area contributed by atoms with Gasteiger partial charge >= 0.3 is 0 Å². The number of piperidine rings is 1. The van der Waals surface area contributed by atoms with E-state index in [1.54, 1.807) is 6.07 Å². The van der Waals surface area contributed by atoms with Crippen molar-refractivity contribution in [2.45, 2.75) is 45.4 Å². The van der Waals surface area contributed by atoms with Crippen LogP contribution in [0.25, 0.3) is 22.4 Å². The quantitative estimate of drug-likeness (QED) is 0.707. The molecule has 2 fully saturated rings. The van der Waals surface area contributed by atoms with Crippen LogP contribution in [0.5, 0.6) is 5.75 Å². The van der Waals surface area contributed by atoms with Crippen LogP contribution in [0.2, 0.25) is 0 Å². The van der Waals surface area contributed by atoms with E-state index in [4.69, 9.17) is 9.97 Å². The van der Waals surface area contributed by atoms with E-state index in [2.05, 4.69) is 16.0 Å². The van der Waals surface area contributed by atoms with Gasteiger partial charge in [0.2, 0.25) is 0 Å². The minimum Gasteiger partial charge on any atom is -0.507 e. The van der Waals surface area contributed by atoms with E-state index in [1.807, 2.05) is 32.2 Å². The highest BCUT2D eigenvalue weighted by molar-refractivity contribution is 5.78. The van der Waals surface area contributed by atoms with Crippen LogP contribution in [0.3, 0.4) is 0 Å². The molecule has 5 heteroatoms. The van der Waals surface area contributed by atoms with Crippen LogP contribution in [0, 0.1) is 19.8 Å². The summed E-state index contributed by atoms with van der Waals surface area (Å²) in [4.78, 5) is 16.9.